The van der Waals surface area contributed by atoms with Crippen molar-refractivity contribution in [2.24, 2.45) is 0 Å². The van der Waals surface area contributed by atoms with Crippen molar-refractivity contribution < 1.29 is 14.3 Å². The SMILES string of the molecule is CC(NC(=O)c1ccc2c(c1)CC(c1ccccc1)OC2=O)c1ccc(-n2cncn2)cc1. The van der Waals surface area contributed by atoms with Crippen molar-refractivity contribution in [3.05, 3.63) is 113 Å². The summed E-state index contributed by atoms with van der Waals surface area (Å²) in [5.74, 6) is -0.557. The number of benzene rings is 3. The number of aromatic nitrogens is 3. The monoisotopic (exact) mass is 438 g/mol. The minimum atomic E-state index is -0.363. The average Bonchev–Trinajstić information content (AvgIpc) is 3.39. The van der Waals surface area contributed by atoms with Crippen molar-refractivity contribution >= 4 is 11.9 Å². The molecule has 2 unspecified atom stereocenters. The Labute approximate surface area is 191 Å². The summed E-state index contributed by atoms with van der Waals surface area (Å²) < 4.78 is 7.28. The van der Waals surface area contributed by atoms with Gasteiger partial charge >= 0.3 is 5.97 Å². The van der Waals surface area contributed by atoms with Crippen LogP contribution in [0.1, 0.15) is 56.5 Å². The van der Waals surface area contributed by atoms with Crippen LogP contribution >= 0.6 is 0 Å². The molecule has 1 aromatic heterocycles. The van der Waals surface area contributed by atoms with Gasteiger partial charge in [-0.15, -0.1) is 0 Å². The van der Waals surface area contributed by atoms with Crippen molar-refractivity contribution in [3.8, 4) is 5.69 Å². The van der Waals surface area contributed by atoms with Crippen LogP contribution < -0.4 is 5.32 Å². The fourth-order valence-corrected chi connectivity index (χ4v) is 4.01. The van der Waals surface area contributed by atoms with Crippen molar-refractivity contribution in [1.29, 1.82) is 0 Å². The molecule has 3 aromatic carbocycles. The highest BCUT2D eigenvalue weighted by Crippen LogP contribution is 2.31. The molecule has 164 valence electrons. The number of carbonyl (C=O) groups is 2. The molecule has 5 rings (SSSR count). The third-order valence-corrected chi connectivity index (χ3v) is 5.84. The molecule has 33 heavy (non-hydrogen) atoms. The van der Waals surface area contributed by atoms with Gasteiger partial charge in [0.1, 0.15) is 18.8 Å². The Morgan fingerprint density at radius 3 is 2.61 bits per heavy atom. The number of nitrogens with zero attached hydrogens (tertiary/aromatic N) is 3. The Hall–Kier alpha value is -4.26. The summed E-state index contributed by atoms with van der Waals surface area (Å²) in [6.45, 7) is 1.93. The van der Waals surface area contributed by atoms with Crippen LogP contribution in [0.2, 0.25) is 0 Å². The molecule has 0 saturated heterocycles. The van der Waals surface area contributed by atoms with Crippen LogP contribution in [0.25, 0.3) is 5.69 Å². The van der Waals surface area contributed by atoms with E-state index < -0.39 is 0 Å². The highest BCUT2D eigenvalue weighted by atomic mass is 16.5. The number of hydrogen-bond acceptors (Lipinski definition) is 5. The normalized spacial score (nSPS) is 15.9. The summed E-state index contributed by atoms with van der Waals surface area (Å²) >= 11 is 0. The molecule has 7 nitrogen and oxygen atoms in total. The molecular formula is C26H22N4O3. The first-order chi connectivity index (χ1) is 16.1. The van der Waals surface area contributed by atoms with Gasteiger partial charge in [0.25, 0.3) is 5.91 Å². The molecule has 2 heterocycles. The molecule has 0 saturated carbocycles. The quantitative estimate of drug-likeness (QED) is 0.472. The Bertz CT molecular complexity index is 1290. The van der Waals surface area contributed by atoms with Crippen molar-refractivity contribution in [1.82, 2.24) is 20.1 Å². The van der Waals surface area contributed by atoms with E-state index in [4.69, 9.17) is 4.74 Å². The number of nitrogens with one attached hydrogen (secondary N) is 1. The maximum Gasteiger partial charge on any atom is 0.339 e. The van der Waals surface area contributed by atoms with Crippen LogP contribution in [-0.2, 0) is 11.2 Å². The lowest BCUT2D eigenvalue weighted by atomic mass is 9.93. The fourth-order valence-electron chi connectivity index (χ4n) is 4.01. The molecule has 1 aliphatic rings. The highest BCUT2D eigenvalue weighted by Gasteiger charge is 2.28. The summed E-state index contributed by atoms with van der Waals surface area (Å²) in [7, 11) is 0. The van der Waals surface area contributed by atoms with Gasteiger partial charge in [0, 0.05) is 12.0 Å². The summed E-state index contributed by atoms with van der Waals surface area (Å²) in [5, 5.41) is 7.15. The molecule has 0 aliphatic carbocycles. The van der Waals surface area contributed by atoms with E-state index in [1.165, 1.54) is 6.33 Å². The summed E-state index contributed by atoms with van der Waals surface area (Å²) in [4.78, 5) is 29.4. The van der Waals surface area contributed by atoms with E-state index >= 15 is 0 Å². The number of rotatable bonds is 5. The third-order valence-electron chi connectivity index (χ3n) is 5.84. The molecule has 0 spiro atoms. The van der Waals surface area contributed by atoms with Crippen molar-refractivity contribution in [3.63, 3.8) is 0 Å². The van der Waals surface area contributed by atoms with Crippen LogP contribution in [0.3, 0.4) is 0 Å². The van der Waals surface area contributed by atoms with Crippen LogP contribution in [0, 0.1) is 0 Å². The van der Waals surface area contributed by atoms with Gasteiger partial charge in [-0.25, -0.2) is 14.5 Å². The number of ether oxygens (including phenoxy) is 1. The lowest BCUT2D eigenvalue weighted by molar-refractivity contribution is 0.0252. The van der Waals surface area contributed by atoms with Crippen molar-refractivity contribution in [2.45, 2.75) is 25.5 Å². The number of esters is 1. The van der Waals surface area contributed by atoms with Crippen LogP contribution in [0.5, 0.6) is 0 Å². The lowest BCUT2D eigenvalue weighted by Gasteiger charge is -2.25. The van der Waals surface area contributed by atoms with Gasteiger partial charge in [-0.3, -0.25) is 4.79 Å². The second-order valence-electron chi connectivity index (χ2n) is 8.01. The summed E-state index contributed by atoms with van der Waals surface area (Å²) in [5.41, 5.74) is 4.64. The zero-order valence-electron chi connectivity index (χ0n) is 18.0. The number of cyclic esters (lactones) is 1. The van der Waals surface area contributed by atoms with Gasteiger partial charge in [-0.2, -0.15) is 5.10 Å². The molecule has 0 bridgehead atoms. The topological polar surface area (TPSA) is 86.1 Å². The first kappa shape index (κ1) is 20.6. The fraction of sp³-hybridized carbons (Fsp3) is 0.154. The van der Waals surface area contributed by atoms with Crippen LogP contribution in [0.4, 0.5) is 0 Å². The maximum absolute atomic E-state index is 13.0. The van der Waals surface area contributed by atoms with Crippen LogP contribution in [-0.4, -0.2) is 26.6 Å². The van der Waals surface area contributed by atoms with Gasteiger partial charge in [0.15, 0.2) is 0 Å². The minimum Gasteiger partial charge on any atom is -0.454 e. The Morgan fingerprint density at radius 1 is 1.09 bits per heavy atom. The molecule has 0 fully saturated rings. The molecule has 7 heteroatoms. The van der Waals surface area contributed by atoms with Gasteiger partial charge < -0.3 is 10.1 Å². The highest BCUT2D eigenvalue weighted by molar-refractivity contribution is 5.98. The third kappa shape index (κ3) is 4.25. The second kappa shape index (κ2) is 8.70. The second-order valence-corrected chi connectivity index (χ2v) is 8.01. The Balaban J connectivity index is 1.31. The molecule has 0 radical (unpaired) electrons. The van der Waals surface area contributed by atoms with E-state index in [9.17, 15) is 9.59 Å². The summed E-state index contributed by atoms with van der Waals surface area (Å²) in [6.07, 6.45) is 3.30. The van der Waals surface area contributed by atoms with E-state index in [1.54, 1.807) is 29.2 Å². The predicted octanol–water partition coefficient (Wildman–Crippen LogP) is 4.21. The first-order valence-electron chi connectivity index (χ1n) is 10.7. The molecule has 2 atom stereocenters. The number of amides is 1. The number of hydrogen-bond donors (Lipinski definition) is 1. The largest absolute Gasteiger partial charge is 0.454 e. The molecular weight excluding hydrogens is 416 g/mol. The first-order valence-corrected chi connectivity index (χ1v) is 10.7. The number of fused-ring (bicyclic) bond motifs is 1. The molecule has 4 aromatic rings. The van der Waals surface area contributed by atoms with Gasteiger partial charge in [0.2, 0.25) is 0 Å². The average molecular weight is 438 g/mol. The Kier molecular flexibility index (Phi) is 5.44. The minimum absolute atomic E-state index is 0.194. The molecule has 1 amide bonds. The smallest absolute Gasteiger partial charge is 0.339 e. The van der Waals surface area contributed by atoms with Gasteiger partial charge in [0.05, 0.1) is 17.3 Å². The van der Waals surface area contributed by atoms with E-state index in [0.29, 0.717) is 17.5 Å². The van der Waals surface area contributed by atoms with Gasteiger partial charge in [-0.05, 0) is 53.9 Å². The van der Waals surface area contributed by atoms with E-state index in [2.05, 4.69) is 15.4 Å². The lowest BCUT2D eigenvalue weighted by Crippen LogP contribution is -2.28. The van der Waals surface area contributed by atoms with Crippen molar-refractivity contribution in [2.75, 3.05) is 0 Å². The van der Waals surface area contributed by atoms with E-state index in [-0.39, 0.29) is 24.0 Å². The Morgan fingerprint density at radius 2 is 1.88 bits per heavy atom. The zero-order chi connectivity index (χ0) is 22.8. The predicted molar refractivity (Wildman–Crippen MR) is 122 cm³/mol. The standard InChI is InChI=1S/C26H22N4O3/c1-17(18-7-10-22(11-8-18)30-16-27-15-28-30)29-25(31)20-9-12-23-21(13-20)14-24(33-26(23)32)19-5-3-2-4-6-19/h2-13,15-17,24H,14H2,1H3,(H,29,31). The molecule has 1 aliphatic heterocycles. The van der Waals surface area contributed by atoms with E-state index in [0.717, 1.165) is 22.4 Å². The summed E-state index contributed by atoms with van der Waals surface area (Å²) in [6, 6.07) is 22.3. The van der Waals surface area contributed by atoms with Gasteiger partial charge in [-0.1, -0.05) is 42.5 Å². The zero-order valence-corrected chi connectivity index (χ0v) is 18.0. The molecule has 1 N–H and O–H groups in total. The maximum atomic E-state index is 13.0. The van der Waals surface area contributed by atoms with E-state index in [1.807, 2.05) is 61.5 Å². The van der Waals surface area contributed by atoms with Crippen LogP contribution in [0.15, 0.2) is 85.5 Å². The number of carbonyl (C=O) groups excluding carboxylic acids is 2.